The lowest BCUT2D eigenvalue weighted by Crippen LogP contribution is -2.13. The third kappa shape index (κ3) is 2.82. The molecule has 1 aliphatic rings. The molecule has 0 radical (unpaired) electrons. The molecule has 25 heavy (non-hydrogen) atoms. The third-order valence-corrected chi connectivity index (χ3v) is 4.80. The van der Waals surface area contributed by atoms with Gasteiger partial charge in [-0.1, -0.05) is 48.0 Å². The summed E-state index contributed by atoms with van der Waals surface area (Å²) in [5.41, 5.74) is 6.35. The summed E-state index contributed by atoms with van der Waals surface area (Å²) >= 11 is 0. The van der Waals surface area contributed by atoms with Gasteiger partial charge in [0.2, 0.25) is 0 Å². The van der Waals surface area contributed by atoms with Gasteiger partial charge in [0.05, 0.1) is 16.8 Å². The van der Waals surface area contributed by atoms with E-state index in [4.69, 9.17) is 4.98 Å². The Morgan fingerprint density at radius 3 is 2.60 bits per heavy atom. The number of aromatic carboxylic acids is 1. The predicted octanol–water partition coefficient (Wildman–Crippen LogP) is 5.12. The van der Waals surface area contributed by atoms with Crippen molar-refractivity contribution in [2.45, 2.75) is 26.2 Å². The van der Waals surface area contributed by atoms with Crippen LogP contribution in [-0.4, -0.2) is 16.1 Å². The lowest BCUT2D eigenvalue weighted by molar-refractivity contribution is 0.0697. The SMILES string of the molecule is Cc1ccc(/C=C2/CCCc3c2nc2ccccc2c3C(=O)O)cc1. The Kier molecular flexibility index (Phi) is 3.85. The van der Waals surface area contributed by atoms with Gasteiger partial charge >= 0.3 is 5.97 Å². The summed E-state index contributed by atoms with van der Waals surface area (Å²) in [6.45, 7) is 2.07. The summed E-state index contributed by atoms with van der Waals surface area (Å²) in [6.07, 6.45) is 4.78. The van der Waals surface area contributed by atoms with Crippen molar-refractivity contribution in [3.63, 3.8) is 0 Å². The molecular formula is C22H19NO2. The highest BCUT2D eigenvalue weighted by molar-refractivity contribution is 6.05. The number of carbonyl (C=O) groups is 1. The number of carboxylic acid groups (broad SMARTS) is 1. The standard InChI is InChI=1S/C22H19NO2/c1-14-9-11-15(12-10-14)13-16-5-4-7-18-20(22(24)25)17-6-2-3-8-19(17)23-21(16)18/h2-3,6,8-13H,4-5,7H2,1H3,(H,24,25)/b16-13-. The fraction of sp³-hybridized carbons (Fsp3) is 0.182. The van der Waals surface area contributed by atoms with E-state index in [0.717, 1.165) is 52.6 Å². The van der Waals surface area contributed by atoms with Crippen molar-refractivity contribution < 1.29 is 9.90 Å². The zero-order chi connectivity index (χ0) is 17.4. The molecule has 0 amide bonds. The molecule has 3 aromatic rings. The highest BCUT2D eigenvalue weighted by Gasteiger charge is 2.24. The highest BCUT2D eigenvalue weighted by atomic mass is 16.4. The minimum Gasteiger partial charge on any atom is -0.478 e. The van der Waals surface area contributed by atoms with Gasteiger partial charge in [-0.05, 0) is 55.0 Å². The molecule has 0 saturated carbocycles. The van der Waals surface area contributed by atoms with Gasteiger partial charge in [0, 0.05) is 5.39 Å². The first-order valence-corrected chi connectivity index (χ1v) is 8.56. The average molecular weight is 329 g/mol. The number of nitrogens with zero attached hydrogens (tertiary/aromatic N) is 1. The van der Waals surface area contributed by atoms with Crippen molar-refractivity contribution in [2.24, 2.45) is 0 Å². The van der Waals surface area contributed by atoms with Crippen molar-refractivity contribution in [1.29, 1.82) is 0 Å². The van der Waals surface area contributed by atoms with Crippen LogP contribution in [0.2, 0.25) is 0 Å². The summed E-state index contributed by atoms with van der Waals surface area (Å²) in [5, 5.41) is 10.5. The van der Waals surface area contributed by atoms with Gasteiger partial charge in [-0.15, -0.1) is 0 Å². The average Bonchev–Trinajstić information content (AvgIpc) is 2.62. The summed E-state index contributed by atoms with van der Waals surface area (Å²) in [7, 11) is 0. The van der Waals surface area contributed by atoms with E-state index >= 15 is 0 Å². The van der Waals surface area contributed by atoms with E-state index in [0.29, 0.717) is 5.56 Å². The van der Waals surface area contributed by atoms with Gasteiger partial charge in [0.1, 0.15) is 0 Å². The Balaban J connectivity index is 1.95. The number of carboxylic acids is 1. The second-order valence-electron chi connectivity index (χ2n) is 6.57. The molecule has 1 aromatic heterocycles. The molecule has 0 unspecified atom stereocenters. The van der Waals surface area contributed by atoms with Crippen LogP contribution in [0.25, 0.3) is 22.6 Å². The molecule has 3 nitrogen and oxygen atoms in total. The van der Waals surface area contributed by atoms with Crippen molar-refractivity contribution >= 4 is 28.5 Å². The molecule has 4 rings (SSSR count). The van der Waals surface area contributed by atoms with Crippen LogP contribution in [0.5, 0.6) is 0 Å². The summed E-state index contributed by atoms with van der Waals surface area (Å²) in [5.74, 6) is -0.869. The fourth-order valence-electron chi connectivity index (χ4n) is 3.58. The number of hydrogen-bond acceptors (Lipinski definition) is 2. The van der Waals surface area contributed by atoms with Crippen molar-refractivity contribution in [2.75, 3.05) is 0 Å². The molecule has 0 bridgehead atoms. The number of fused-ring (bicyclic) bond motifs is 2. The van der Waals surface area contributed by atoms with Crippen LogP contribution in [0, 0.1) is 6.92 Å². The molecule has 1 aliphatic carbocycles. The number of benzene rings is 2. The number of rotatable bonds is 2. The number of aryl methyl sites for hydroxylation is 1. The Labute approximate surface area is 146 Å². The van der Waals surface area contributed by atoms with Crippen molar-refractivity contribution in [1.82, 2.24) is 4.98 Å². The van der Waals surface area contributed by atoms with E-state index in [1.165, 1.54) is 5.56 Å². The van der Waals surface area contributed by atoms with Crippen LogP contribution in [0.4, 0.5) is 0 Å². The Morgan fingerprint density at radius 1 is 1.08 bits per heavy atom. The minimum absolute atomic E-state index is 0.412. The zero-order valence-corrected chi connectivity index (χ0v) is 14.1. The molecular weight excluding hydrogens is 310 g/mol. The van der Waals surface area contributed by atoms with Crippen LogP contribution < -0.4 is 0 Å². The second-order valence-corrected chi connectivity index (χ2v) is 6.57. The quantitative estimate of drug-likeness (QED) is 0.710. The predicted molar refractivity (Wildman–Crippen MR) is 101 cm³/mol. The molecule has 1 N–H and O–H groups in total. The number of hydrogen-bond donors (Lipinski definition) is 1. The molecule has 0 aliphatic heterocycles. The van der Waals surface area contributed by atoms with E-state index in [1.54, 1.807) is 0 Å². The molecule has 2 aromatic carbocycles. The molecule has 0 saturated heterocycles. The summed E-state index contributed by atoms with van der Waals surface area (Å²) in [6, 6.07) is 15.9. The largest absolute Gasteiger partial charge is 0.478 e. The van der Waals surface area contributed by atoms with E-state index in [-0.39, 0.29) is 0 Å². The van der Waals surface area contributed by atoms with E-state index in [9.17, 15) is 9.90 Å². The van der Waals surface area contributed by atoms with Gasteiger partial charge < -0.3 is 5.11 Å². The fourth-order valence-corrected chi connectivity index (χ4v) is 3.58. The number of para-hydroxylation sites is 1. The van der Waals surface area contributed by atoms with Crippen LogP contribution >= 0.6 is 0 Å². The van der Waals surface area contributed by atoms with Gasteiger partial charge in [-0.2, -0.15) is 0 Å². The van der Waals surface area contributed by atoms with Gasteiger partial charge in [-0.3, -0.25) is 0 Å². The van der Waals surface area contributed by atoms with Crippen LogP contribution in [-0.2, 0) is 6.42 Å². The molecule has 124 valence electrons. The van der Waals surface area contributed by atoms with E-state index in [1.807, 2.05) is 24.3 Å². The second kappa shape index (κ2) is 6.17. The maximum atomic E-state index is 11.9. The topological polar surface area (TPSA) is 50.2 Å². The Bertz CT molecular complexity index is 1000. The maximum absolute atomic E-state index is 11.9. The number of pyridine rings is 1. The highest BCUT2D eigenvalue weighted by Crippen LogP contribution is 2.36. The monoisotopic (exact) mass is 329 g/mol. The van der Waals surface area contributed by atoms with Crippen LogP contribution in [0.1, 0.15) is 45.6 Å². The molecule has 3 heteroatoms. The van der Waals surface area contributed by atoms with Gasteiger partial charge in [0.25, 0.3) is 0 Å². The Hall–Kier alpha value is -2.94. The Morgan fingerprint density at radius 2 is 1.84 bits per heavy atom. The zero-order valence-electron chi connectivity index (χ0n) is 14.1. The number of allylic oxidation sites excluding steroid dienone is 1. The lowest BCUT2D eigenvalue weighted by Gasteiger charge is -2.21. The third-order valence-electron chi connectivity index (χ3n) is 4.80. The molecule has 0 spiro atoms. The maximum Gasteiger partial charge on any atom is 0.336 e. The van der Waals surface area contributed by atoms with Crippen molar-refractivity contribution in [3.8, 4) is 0 Å². The van der Waals surface area contributed by atoms with Gasteiger partial charge in [-0.25, -0.2) is 9.78 Å². The normalized spacial score (nSPS) is 15.3. The van der Waals surface area contributed by atoms with E-state index in [2.05, 4.69) is 37.3 Å². The van der Waals surface area contributed by atoms with Gasteiger partial charge in [0.15, 0.2) is 0 Å². The van der Waals surface area contributed by atoms with Crippen molar-refractivity contribution in [3.05, 3.63) is 76.5 Å². The molecule has 0 fully saturated rings. The molecule has 0 atom stereocenters. The minimum atomic E-state index is -0.869. The van der Waals surface area contributed by atoms with Crippen LogP contribution in [0.15, 0.2) is 48.5 Å². The molecule has 1 heterocycles. The van der Waals surface area contributed by atoms with Crippen LogP contribution in [0.3, 0.4) is 0 Å². The lowest BCUT2D eigenvalue weighted by atomic mass is 9.86. The first-order valence-electron chi connectivity index (χ1n) is 8.56. The van der Waals surface area contributed by atoms with E-state index < -0.39 is 5.97 Å². The first kappa shape index (κ1) is 15.6. The number of aromatic nitrogens is 1. The summed E-state index contributed by atoms with van der Waals surface area (Å²) < 4.78 is 0. The first-order chi connectivity index (χ1) is 12.1. The smallest absolute Gasteiger partial charge is 0.336 e. The summed E-state index contributed by atoms with van der Waals surface area (Å²) in [4.78, 5) is 16.8.